The Morgan fingerprint density at radius 1 is 1.15 bits per heavy atom. The molecule has 0 spiro atoms. The van der Waals surface area contributed by atoms with Crippen molar-refractivity contribution in [2.75, 3.05) is 6.54 Å². The Bertz CT molecular complexity index is 1530. The largest absolute Gasteiger partial charge is 0.366 e. The minimum atomic E-state index is -3.94. The molecule has 1 saturated heterocycles. The summed E-state index contributed by atoms with van der Waals surface area (Å²) in [7, 11) is -3.94. The summed E-state index contributed by atoms with van der Waals surface area (Å²) in [5.74, 6) is -3.35. The van der Waals surface area contributed by atoms with Crippen LogP contribution in [0.2, 0.25) is 5.02 Å². The summed E-state index contributed by atoms with van der Waals surface area (Å²) in [5.41, 5.74) is -1.46. The fourth-order valence-electron chi connectivity index (χ4n) is 7.08. The second-order valence-corrected chi connectivity index (χ2v) is 15.0. The summed E-state index contributed by atoms with van der Waals surface area (Å²) in [6.07, 6.45) is 1.06. The molecule has 41 heavy (non-hydrogen) atoms. The van der Waals surface area contributed by atoms with Crippen molar-refractivity contribution in [3.8, 4) is 0 Å². The summed E-state index contributed by atoms with van der Waals surface area (Å²) < 4.78 is 71.6. The van der Waals surface area contributed by atoms with Crippen LogP contribution >= 0.6 is 11.6 Å². The Morgan fingerprint density at radius 2 is 1.80 bits per heavy atom. The average molecular weight is 609 g/mol. The zero-order valence-electron chi connectivity index (χ0n) is 23.0. The number of halogens is 4. The predicted octanol–water partition coefficient (Wildman–Crippen LogP) is 5.00. The van der Waals surface area contributed by atoms with Gasteiger partial charge < -0.3 is 10.2 Å². The molecule has 5 aliphatic rings. The Labute approximate surface area is 242 Å². The Morgan fingerprint density at radius 3 is 2.39 bits per heavy atom. The second kappa shape index (κ2) is 9.18. The maximum absolute atomic E-state index is 14.3. The number of aliphatic imine (C=N–C) groups is 1. The number of benzene rings is 2. The molecule has 2 aliphatic heterocycles. The molecule has 1 amide bonds. The first-order valence-corrected chi connectivity index (χ1v) is 15.5. The summed E-state index contributed by atoms with van der Waals surface area (Å²) in [6, 6.07) is 11.0. The van der Waals surface area contributed by atoms with Crippen LogP contribution in [0.5, 0.6) is 0 Å². The minimum absolute atomic E-state index is 0.0328. The third kappa shape index (κ3) is 4.55. The molecule has 0 aromatic heterocycles. The van der Waals surface area contributed by atoms with Gasteiger partial charge >= 0.3 is 0 Å². The highest BCUT2D eigenvalue weighted by molar-refractivity contribution is 7.89. The van der Waals surface area contributed by atoms with E-state index in [4.69, 9.17) is 16.6 Å². The molecule has 0 radical (unpaired) electrons. The van der Waals surface area contributed by atoms with Crippen molar-refractivity contribution < 1.29 is 26.4 Å². The van der Waals surface area contributed by atoms with Crippen molar-refractivity contribution in [3.63, 3.8) is 0 Å². The SMILES string of the molecule is C[C@@H]1CC(F)(F)CN1C(=O)[C@@H]1N=C(C23CC(N(Cc4ccc(Cl)c(F)c4)S(=O)(=O)c4ccccc4)(C2)C3)NC1(C)C. The first-order chi connectivity index (χ1) is 19.1. The Hall–Kier alpha value is -2.63. The highest BCUT2D eigenvalue weighted by atomic mass is 35.5. The van der Waals surface area contributed by atoms with E-state index >= 15 is 0 Å². The highest BCUT2D eigenvalue weighted by Crippen LogP contribution is 2.71. The van der Waals surface area contributed by atoms with Crippen LogP contribution in [0.15, 0.2) is 58.4 Å². The van der Waals surface area contributed by atoms with E-state index in [0.717, 1.165) is 0 Å². The van der Waals surface area contributed by atoms with Gasteiger partial charge in [0.1, 0.15) is 11.7 Å². The number of sulfonamides is 1. The third-order valence-electron chi connectivity index (χ3n) is 9.10. The Balaban J connectivity index is 1.26. The van der Waals surface area contributed by atoms with E-state index < -0.39 is 62.8 Å². The lowest BCUT2D eigenvalue weighted by molar-refractivity contribution is -0.151. The molecule has 4 fully saturated rings. The maximum atomic E-state index is 14.3. The van der Waals surface area contributed by atoms with Gasteiger partial charge in [-0.25, -0.2) is 21.6 Å². The monoisotopic (exact) mass is 608 g/mol. The van der Waals surface area contributed by atoms with Crippen molar-refractivity contribution in [3.05, 3.63) is 64.9 Å². The number of nitrogens with one attached hydrogen (secondary N) is 1. The number of nitrogens with zero attached hydrogens (tertiary/aromatic N) is 3. The molecule has 3 saturated carbocycles. The van der Waals surface area contributed by atoms with Crippen LogP contribution in [0.3, 0.4) is 0 Å². The standard InChI is InChI=1S/C29H32ClF3N4O3S/c1-18-12-29(32,33)17-36(18)24(38)23-26(2,3)35-25(34-23)27-14-28(15-27,16-27)37(13-19-9-10-21(30)22(31)11-19)41(39,40)20-7-5-4-6-8-20/h4-11,18,23H,12-17H2,1-3H3,(H,34,35)/t18-,23+,27?,28?/m1/s1. The van der Waals surface area contributed by atoms with Gasteiger partial charge in [0.2, 0.25) is 15.9 Å². The van der Waals surface area contributed by atoms with Crippen molar-refractivity contribution in [1.29, 1.82) is 0 Å². The molecule has 2 aromatic carbocycles. The van der Waals surface area contributed by atoms with Crippen LogP contribution in [-0.4, -0.2) is 65.0 Å². The number of carbonyl (C=O) groups is 1. The topological polar surface area (TPSA) is 82.1 Å². The van der Waals surface area contributed by atoms with Crippen molar-refractivity contribution in [2.24, 2.45) is 10.4 Å². The number of likely N-dealkylation sites (tertiary alicyclic amines) is 1. The van der Waals surface area contributed by atoms with Gasteiger partial charge in [-0.15, -0.1) is 0 Å². The quantitative estimate of drug-likeness (QED) is 0.480. The molecular weight excluding hydrogens is 577 g/mol. The molecule has 0 unspecified atom stereocenters. The van der Waals surface area contributed by atoms with Gasteiger partial charge in [0, 0.05) is 30.0 Å². The molecule has 7 rings (SSSR count). The number of amides is 1. The highest BCUT2D eigenvalue weighted by Gasteiger charge is 2.75. The zero-order valence-corrected chi connectivity index (χ0v) is 24.6. The molecule has 2 bridgehead atoms. The van der Waals surface area contributed by atoms with E-state index in [-0.39, 0.29) is 22.9 Å². The van der Waals surface area contributed by atoms with Gasteiger partial charge in [-0.05, 0) is 69.9 Å². The van der Waals surface area contributed by atoms with Gasteiger partial charge in [0.25, 0.3) is 5.92 Å². The van der Waals surface area contributed by atoms with Crippen LogP contribution in [0.1, 0.15) is 52.0 Å². The first-order valence-electron chi connectivity index (χ1n) is 13.6. The van der Waals surface area contributed by atoms with E-state index in [2.05, 4.69) is 5.32 Å². The van der Waals surface area contributed by atoms with E-state index in [9.17, 15) is 26.4 Å². The summed E-state index contributed by atoms with van der Waals surface area (Å²) in [4.78, 5) is 19.5. The molecule has 2 heterocycles. The van der Waals surface area contributed by atoms with Crippen LogP contribution < -0.4 is 5.32 Å². The molecule has 7 nitrogen and oxygen atoms in total. The van der Waals surface area contributed by atoms with Crippen LogP contribution in [0, 0.1) is 11.2 Å². The lowest BCUT2D eigenvalue weighted by Gasteiger charge is -2.73. The smallest absolute Gasteiger partial charge is 0.267 e. The number of alkyl halides is 2. The summed E-state index contributed by atoms with van der Waals surface area (Å²) >= 11 is 5.86. The second-order valence-electron chi connectivity index (χ2n) is 12.7. The lowest BCUT2D eigenvalue weighted by atomic mass is 9.38. The molecule has 12 heteroatoms. The van der Waals surface area contributed by atoms with Gasteiger partial charge in [-0.1, -0.05) is 35.9 Å². The third-order valence-corrected chi connectivity index (χ3v) is 11.4. The minimum Gasteiger partial charge on any atom is -0.366 e. The predicted molar refractivity (Wildman–Crippen MR) is 149 cm³/mol. The van der Waals surface area contributed by atoms with Gasteiger partial charge in [-0.2, -0.15) is 4.31 Å². The Kier molecular flexibility index (Phi) is 6.38. The first kappa shape index (κ1) is 28.5. The van der Waals surface area contributed by atoms with Crippen LogP contribution in [-0.2, 0) is 21.4 Å². The number of carbonyl (C=O) groups excluding carboxylic acids is 1. The molecule has 1 N–H and O–H groups in total. The van der Waals surface area contributed by atoms with Gasteiger partial charge in [0.15, 0.2) is 6.04 Å². The normalized spacial score (nSPS) is 31.3. The van der Waals surface area contributed by atoms with Gasteiger partial charge in [-0.3, -0.25) is 9.79 Å². The average Bonchev–Trinajstić information content (AvgIpc) is 3.32. The molecule has 2 aromatic rings. The number of rotatable bonds is 7. The van der Waals surface area contributed by atoms with E-state index in [1.165, 1.54) is 33.5 Å². The fourth-order valence-corrected chi connectivity index (χ4v) is 8.97. The van der Waals surface area contributed by atoms with E-state index in [1.807, 2.05) is 13.8 Å². The van der Waals surface area contributed by atoms with E-state index in [1.54, 1.807) is 31.2 Å². The van der Waals surface area contributed by atoms with Crippen molar-refractivity contribution in [2.45, 2.75) is 87.0 Å². The molecule has 3 aliphatic carbocycles. The molecule has 2 atom stereocenters. The number of hydrogen-bond donors (Lipinski definition) is 1. The lowest BCUT2D eigenvalue weighted by Crippen LogP contribution is -2.78. The summed E-state index contributed by atoms with van der Waals surface area (Å²) in [6.45, 7) is 4.63. The maximum Gasteiger partial charge on any atom is 0.267 e. The number of hydrogen-bond acceptors (Lipinski definition) is 5. The fraction of sp³-hybridized carbons (Fsp3) is 0.517. The molecular formula is C29H32ClF3N4O3S. The van der Waals surface area contributed by atoms with Crippen LogP contribution in [0.4, 0.5) is 13.2 Å². The number of amidine groups is 1. The van der Waals surface area contributed by atoms with Crippen molar-refractivity contribution >= 4 is 33.4 Å². The van der Waals surface area contributed by atoms with E-state index in [0.29, 0.717) is 30.7 Å². The molecule has 220 valence electrons. The summed E-state index contributed by atoms with van der Waals surface area (Å²) in [5, 5.41) is 3.33. The zero-order chi connectivity index (χ0) is 29.6. The van der Waals surface area contributed by atoms with Crippen molar-refractivity contribution in [1.82, 2.24) is 14.5 Å². The van der Waals surface area contributed by atoms with Crippen LogP contribution in [0.25, 0.3) is 0 Å². The van der Waals surface area contributed by atoms with Gasteiger partial charge in [0.05, 0.1) is 22.0 Å².